The fraction of sp³-hybridized carbons (Fsp3) is 0. The standard InChI is InChI=1S/C25H14ClO4/c26-16-13-11-15(12-14-16)21(22-17-7-3-1-5-9-19(17)29-24(22)27)23-18-8-4-2-6-10-20(18)30-25(23)28/h1-14H/q+1. The van der Waals surface area contributed by atoms with Crippen LogP contribution in [-0.2, 0) is 9.22 Å². The summed E-state index contributed by atoms with van der Waals surface area (Å²) >= 11 is 6.08. The average Bonchev–Trinajstić information content (AvgIpc) is 2.98. The Morgan fingerprint density at radius 1 is 0.900 bits per heavy atom. The predicted octanol–water partition coefficient (Wildman–Crippen LogP) is 4.90. The zero-order valence-corrected chi connectivity index (χ0v) is 16.3. The van der Waals surface area contributed by atoms with Crippen LogP contribution in [0.2, 0.25) is 5.02 Å². The predicted molar refractivity (Wildman–Crippen MR) is 115 cm³/mol. The maximum absolute atomic E-state index is 13.0. The van der Waals surface area contributed by atoms with E-state index in [1.54, 1.807) is 60.7 Å². The van der Waals surface area contributed by atoms with Crippen molar-refractivity contribution < 1.29 is 13.6 Å². The van der Waals surface area contributed by atoms with Crippen LogP contribution in [0.3, 0.4) is 0 Å². The minimum Gasteiger partial charge on any atom is -0.422 e. The molecule has 5 rings (SSSR count). The first-order valence-corrected chi connectivity index (χ1v) is 9.68. The van der Waals surface area contributed by atoms with Gasteiger partial charge in [0.2, 0.25) is 0 Å². The molecular formula is C25H14ClO4+. The van der Waals surface area contributed by atoms with E-state index < -0.39 is 11.6 Å². The maximum Gasteiger partial charge on any atom is 0.615 e. The van der Waals surface area contributed by atoms with Gasteiger partial charge in [0.05, 0.1) is 15.9 Å². The van der Waals surface area contributed by atoms with E-state index >= 15 is 0 Å². The number of hydrogen-bond donors (Lipinski definition) is 0. The molecule has 2 aliphatic carbocycles. The van der Waals surface area contributed by atoms with Crippen molar-refractivity contribution in [3.63, 3.8) is 0 Å². The van der Waals surface area contributed by atoms with Gasteiger partial charge in [-0.1, -0.05) is 66.2 Å². The van der Waals surface area contributed by atoms with Crippen molar-refractivity contribution in [3.8, 4) is 11.3 Å². The number of carbonyl (C=O) groups is 1. The highest BCUT2D eigenvalue weighted by molar-refractivity contribution is 6.30. The van der Waals surface area contributed by atoms with Gasteiger partial charge in [0, 0.05) is 22.2 Å². The molecule has 0 saturated carbocycles. The fourth-order valence-corrected chi connectivity index (χ4v) is 3.80. The molecule has 30 heavy (non-hydrogen) atoms. The summed E-state index contributed by atoms with van der Waals surface area (Å²) in [6.45, 7) is 0. The zero-order chi connectivity index (χ0) is 20.7. The summed E-state index contributed by atoms with van der Waals surface area (Å²) in [4.78, 5) is 26.0. The smallest absolute Gasteiger partial charge is 0.422 e. The molecule has 0 bridgehead atoms. The molecule has 2 heterocycles. The van der Waals surface area contributed by atoms with E-state index in [0.29, 0.717) is 50.0 Å². The van der Waals surface area contributed by atoms with Crippen molar-refractivity contribution >= 4 is 28.9 Å². The van der Waals surface area contributed by atoms with Crippen molar-refractivity contribution in [3.05, 3.63) is 123 Å². The highest BCUT2D eigenvalue weighted by Gasteiger charge is 2.42. The summed E-state index contributed by atoms with van der Waals surface area (Å²) in [6, 6.07) is 16.0. The van der Waals surface area contributed by atoms with Crippen LogP contribution in [0.5, 0.6) is 0 Å². The summed E-state index contributed by atoms with van der Waals surface area (Å²) < 4.78 is 11.0. The first-order valence-electron chi connectivity index (χ1n) is 9.31. The Balaban J connectivity index is 1.88. The first-order chi connectivity index (χ1) is 14.6. The molecule has 4 aliphatic rings. The van der Waals surface area contributed by atoms with Gasteiger partial charge in [0.25, 0.3) is 5.78 Å². The Morgan fingerprint density at radius 3 is 2.53 bits per heavy atom. The van der Waals surface area contributed by atoms with Crippen LogP contribution in [0.15, 0.2) is 105 Å². The van der Waals surface area contributed by atoms with Crippen LogP contribution < -0.4 is 5.63 Å². The number of allylic oxidation sites excluding steroid dienone is 5. The molecule has 0 N–H and O–H groups in total. The quantitative estimate of drug-likeness (QED) is 0.443. The molecule has 4 nitrogen and oxygen atoms in total. The van der Waals surface area contributed by atoms with E-state index in [1.807, 2.05) is 24.3 Å². The Labute approximate surface area is 176 Å². The van der Waals surface area contributed by atoms with Crippen molar-refractivity contribution in [2.24, 2.45) is 0 Å². The van der Waals surface area contributed by atoms with Crippen LogP contribution in [0.1, 0.15) is 11.1 Å². The van der Waals surface area contributed by atoms with E-state index in [4.69, 9.17) is 20.4 Å². The summed E-state index contributed by atoms with van der Waals surface area (Å²) in [6.07, 6.45) is 9.00. The number of hydrogen-bond acceptors (Lipinski definition) is 3. The number of furan rings is 1. The van der Waals surface area contributed by atoms with E-state index in [9.17, 15) is 9.59 Å². The Morgan fingerprint density at radius 2 is 1.70 bits per heavy atom. The van der Waals surface area contributed by atoms with Gasteiger partial charge in [0.1, 0.15) is 5.76 Å². The van der Waals surface area contributed by atoms with Gasteiger partial charge < -0.3 is 4.42 Å². The van der Waals surface area contributed by atoms with Gasteiger partial charge in [-0.2, -0.15) is 0 Å². The summed E-state index contributed by atoms with van der Waals surface area (Å²) in [5, 5.41) is 0.551. The van der Waals surface area contributed by atoms with Gasteiger partial charge in [-0.15, -0.1) is 0 Å². The van der Waals surface area contributed by atoms with Crippen LogP contribution in [0.25, 0.3) is 16.9 Å². The maximum atomic E-state index is 13.0. The van der Waals surface area contributed by atoms with Gasteiger partial charge in [-0.05, 0) is 29.8 Å². The zero-order valence-electron chi connectivity index (χ0n) is 15.6. The summed E-state index contributed by atoms with van der Waals surface area (Å²) in [5.41, 5.74) is 2.46. The molecule has 0 fully saturated rings. The van der Waals surface area contributed by atoms with Crippen LogP contribution in [-0.4, -0.2) is 11.8 Å². The third-order valence-electron chi connectivity index (χ3n) is 4.98. The minimum atomic E-state index is -0.518. The first kappa shape index (κ1) is 18.3. The highest BCUT2D eigenvalue weighted by Crippen LogP contribution is 2.38. The molecule has 0 unspecified atom stereocenters. The molecule has 0 amide bonds. The number of fused-ring (bicyclic) bond motifs is 2. The molecule has 0 atom stereocenters. The normalized spacial score (nSPS) is 16.9. The molecule has 144 valence electrons. The number of carbonyl (C=O) groups excluding carboxylic acids is 2. The molecule has 1 aromatic rings. The van der Waals surface area contributed by atoms with Gasteiger partial charge in [-0.25, -0.2) is 4.79 Å². The molecule has 1 aromatic carbocycles. The Bertz CT molecular complexity index is 1360. The second-order valence-electron chi connectivity index (χ2n) is 6.79. The number of ketones is 1. The minimum absolute atomic E-state index is 0.315. The highest BCUT2D eigenvalue weighted by atomic mass is 35.5. The van der Waals surface area contributed by atoms with Crippen molar-refractivity contribution in [2.45, 2.75) is 0 Å². The lowest BCUT2D eigenvalue weighted by molar-refractivity contribution is -0.366. The molecule has 5 heteroatoms. The van der Waals surface area contributed by atoms with E-state index in [-0.39, 0.29) is 0 Å². The second kappa shape index (κ2) is 7.25. The van der Waals surface area contributed by atoms with Crippen molar-refractivity contribution in [1.82, 2.24) is 0 Å². The molecule has 0 spiro atoms. The van der Waals surface area contributed by atoms with Gasteiger partial charge in [-0.3, -0.25) is 4.42 Å². The lowest BCUT2D eigenvalue weighted by atomic mass is 9.87. The Hall–Kier alpha value is -3.76. The van der Waals surface area contributed by atoms with E-state index in [1.165, 1.54) is 0 Å². The van der Waals surface area contributed by atoms with Gasteiger partial charge >= 0.3 is 11.6 Å². The second-order valence-corrected chi connectivity index (χ2v) is 7.22. The number of rotatable bonds is 2. The average molecular weight is 414 g/mol. The van der Waals surface area contributed by atoms with E-state index in [2.05, 4.69) is 0 Å². The molecule has 2 aliphatic heterocycles. The summed E-state index contributed by atoms with van der Waals surface area (Å²) in [7, 11) is 0. The fourth-order valence-electron chi connectivity index (χ4n) is 3.68. The number of benzene rings is 1. The van der Waals surface area contributed by atoms with Crippen LogP contribution in [0.4, 0.5) is 0 Å². The Kier molecular flexibility index (Phi) is 4.42. The van der Waals surface area contributed by atoms with Crippen molar-refractivity contribution in [1.29, 1.82) is 0 Å². The largest absolute Gasteiger partial charge is 0.615 e. The SMILES string of the molecule is O=C1[O+]=C2C=CC=CC=C2/C1=C(/c1ccc(Cl)cc1)c1c2cccccc-2oc1=O. The lowest BCUT2D eigenvalue weighted by Gasteiger charge is -2.09. The van der Waals surface area contributed by atoms with Crippen LogP contribution >= 0.6 is 11.6 Å². The lowest BCUT2D eigenvalue weighted by Crippen LogP contribution is -2.09. The topological polar surface area (TPSA) is 58.6 Å². The van der Waals surface area contributed by atoms with Crippen LogP contribution in [0, 0.1) is 0 Å². The molecule has 0 saturated heterocycles. The third kappa shape index (κ3) is 2.98. The summed E-state index contributed by atoms with van der Waals surface area (Å²) in [5.74, 6) is 0.366. The monoisotopic (exact) mass is 413 g/mol. The van der Waals surface area contributed by atoms with Crippen molar-refractivity contribution in [2.75, 3.05) is 0 Å². The van der Waals surface area contributed by atoms with Gasteiger partial charge in [0.15, 0.2) is 5.57 Å². The third-order valence-corrected chi connectivity index (χ3v) is 5.23. The molecule has 0 radical (unpaired) electrons. The van der Waals surface area contributed by atoms with E-state index in [0.717, 1.165) is 0 Å². The molecule has 0 aromatic heterocycles. The number of halogens is 1. The molecular weight excluding hydrogens is 400 g/mol.